The Hall–Kier alpha value is -5.51. The molecular formula is C28H19F3N4O6. The van der Waals surface area contributed by atoms with Gasteiger partial charge in [0, 0.05) is 24.6 Å². The summed E-state index contributed by atoms with van der Waals surface area (Å²) in [6.45, 7) is 2.66. The van der Waals surface area contributed by atoms with Gasteiger partial charge in [0.05, 0.1) is 33.8 Å². The van der Waals surface area contributed by atoms with Crippen molar-refractivity contribution in [1.82, 2.24) is 5.16 Å². The van der Waals surface area contributed by atoms with Gasteiger partial charge >= 0.3 is 12.1 Å². The zero-order valence-corrected chi connectivity index (χ0v) is 21.3. The minimum absolute atomic E-state index is 0.00278. The number of carbonyl (C=O) groups excluding carboxylic acids is 3. The summed E-state index contributed by atoms with van der Waals surface area (Å²) in [7, 11) is 0. The van der Waals surface area contributed by atoms with Crippen LogP contribution in [0.3, 0.4) is 0 Å². The maximum Gasteiger partial charge on any atom is 0.417 e. The van der Waals surface area contributed by atoms with E-state index in [1.54, 1.807) is 6.07 Å². The lowest BCUT2D eigenvalue weighted by molar-refractivity contribution is -0.137. The van der Waals surface area contributed by atoms with Gasteiger partial charge in [-0.3, -0.25) is 14.4 Å². The highest BCUT2D eigenvalue weighted by molar-refractivity contribution is 6.15. The molecule has 3 N–H and O–H groups in total. The van der Waals surface area contributed by atoms with Gasteiger partial charge in [-0.25, -0.2) is 4.79 Å². The zero-order valence-electron chi connectivity index (χ0n) is 21.3. The molecule has 0 aliphatic rings. The number of hydrogen-bond donors (Lipinski definition) is 3. The van der Waals surface area contributed by atoms with Crippen molar-refractivity contribution in [3.05, 3.63) is 76.5 Å². The summed E-state index contributed by atoms with van der Waals surface area (Å²) in [5, 5.41) is 26.9. The lowest BCUT2D eigenvalue weighted by Gasteiger charge is -2.17. The lowest BCUT2D eigenvalue weighted by Crippen LogP contribution is -2.16. The van der Waals surface area contributed by atoms with Crippen LogP contribution in [-0.4, -0.2) is 33.8 Å². The van der Waals surface area contributed by atoms with E-state index in [9.17, 15) is 37.5 Å². The molecule has 0 radical (unpaired) electrons. The first kappa shape index (κ1) is 28.5. The third kappa shape index (κ3) is 5.76. The van der Waals surface area contributed by atoms with Gasteiger partial charge in [0.25, 0.3) is 5.91 Å². The number of anilines is 2. The molecule has 0 spiro atoms. The Kier molecular flexibility index (Phi) is 7.60. The molecule has 3 aromatic carbocycles. The number of carboxylic acid groups (broad SMARTS) is 1. The van der Waals surface area contributed by atoms with Crippen LogP contribution in [0, 0.1) is 11.3 Å². The fraction of sp³-hybridized carbons (Fsp3) is 0.143. The molecule has 0 unspecified atom stereocenters. The van der Waals surface area contributed by atoms with Gasteiger partial charge in [0.1, 0.15) is 0 Å². The smallest absolute Gasteiger partial charge is 0.417 e. The van der Waals surface area contributed by atoms with Gasteiger partial charge in [-0.1, -0.05) is 18.1 Å². The van der Waals surface area contributed by atoms with E-state index in [4.69, 9.17) is 9.78 Å². The first-order valence-corrected chi connectivity index (χ1v) is 11.9. The fourth-order valence-corrected chi connectivity index (χ4v) is 4.17. The Labute approximate surface area is 229 Å². The monoisotopic (exact) mass is 564 g/mol. The maximum atomic E-state index is 14.1. The molecule has 4 rings (SSSR count). The third-order valence-corrected chi connectivity index (χ3v) is 6.01. The summed E-state index contributed by atoms with van der Waals surface area (Å²) < 4.78 is 47.5. The van der Waals surface area contributed by atoms with Crippen molar-refractivity contribution in [3.63, 3.8) is 0 Å². The molecule has 0 atom stereocenters. The first-order chi connectivity index (χ1) is 19.3. The molecule has 1 aromatic heterocycles. The number of amides is 2. The first-order valence-electron chi connectivity index (χ1n) is 11.9. The van der Waals surface area contributed by atoms with E-state index < -0.39 is 35.3 Å². The number of nitriles is 1. The Morgan fingerprint density at radius 3 is 2.34 bits per heavy atom. The molecular weight excluding hydrogens is 545 g/mol. The van der Waals surface area contributed by atoms with Crippen LogP contribution in [0.2, 0.25) is 0 Å². The largest absolute Gasteiger partial charge is 0.478 e. The summed E-state index contributed by atoms with van der Waals surface area (Å²) in [6, 6.07) is 10.9. The van der Waals surface area contributed by atoms with Crippen molar-refractivity contribution in [2.75, 3.05) is 10.6 Å². The van der Waals surface area contributed by atoms with Crippen molar-refractivity contribution < 1.29 is 42.0 Å². The lowest BCUT2D eigenvalue weighted by atomic mass is 9.90. The number of halogens is 3. The van der Waals surface area contributed by atoms with E-state index in [2.05, 4.69) is 15.8 Å². The van der Waals surface area contributed by atoms with Gasteiger partial charge < -0.3 is 20.3 Å². The SMILES string of the molecule is CCC(=O)c1cc2c(C(=O)Nc3ccc(C#N)cc3C(=O)O)noc2cc1-c1ccc(NC(C)=O)cc1C(F)(F)F. The molecule has 10 nitrogen and oxygen atoms in total. The number of benzene rings is 3. The highest BCUT2D eigenvalue weighted by Crippen LogP contribution is 2.41. The van der Waals surface area contributed by atoms with Crippen molar-refractivity contribution in [3.8, 4) is 17.2 Å². The van der Waals surface area contributed by atoms with Crippen molar-refractivity contribution >= 4 is 45.9 Å². The second-order valence-corrected chi connectivity index (χ2v) is 8.77. The van der Waals surface area contributed by atoms with E-state index in [0.29, 0.717) is 0 Å². The van der Waals surface area contributed by atoms with Gasteiger partial charge in [-0.15, -0.1) is 0 Å². The summed E-state index contributed by atoms with van der Waals surface area (Å²) in [6.07, 6.45) is -4.94. The minimum atomic E-state index is -4.86. The number of carbonyl (C=O) groups is 4. The molecule has 41 heavy (non-hydrogen) atoms. The Morgan fingerprint density at radius 2 is 1.73 bits per heavy atom. The molecule has 0 bridgehead atoms. The quantitative estimate of drug-likeness (QED) is 0.234. The average Bonchev–Trinajstić information content (AvgIpc) is 3.34. The van der Waals surface area contributed by atoms with Crippen LogP contribution in [0.4, 0.5) is 24.5 Å². The summed E-state index contributed by atoms with van der Waals surface area (Å²) in [5.41, 5.74) is -2.78. The number of rotatable bonds is 7. The zero-order chi connectivity index (χ0) is 30.1. The summed E-state index contributed by atoms with van der Waals surface area (Å²) in [5.74, 6) is -3.44. The van der Waals surface area contributed by atoms with Gasteiger partial charge in [-0.2, -0.15) is 18.4 Å². The number of alkyl halides is 3. The van der Waals surface area contributed by atoms with Crippen LogP contribution in [0.15, 0.2) is 53.1 Å². The average molecular weight is 564 g/mol. The molecule has 4 aromatic rings. The normalized spacial score (nSPS) is 11.1. The van der Waals surface area contributed by atoms with E-state index in [1.165, 1.54) is 31.2 Å². The third-order valence-electron chi connectivity index (χ3n) is 6.01. The number of aromatic nitrogens is 1. The Bertz CT molecular complexity index is 1790. The molecule has 0 saturated heterocycles. The van der Waals surface area contributed by atoms with Crippen LogP contribution in [-0.2, 0) is 11.0 Å². The molecule has 0 aliphatic carbocycles. The standard InChI is InChI=1S/C28H19F3N4O6/c1-3-23(37)18-10-20-24(11-17(18)16-6-5-15(33-13(2)36)9-21(16)28(29,30)31)41-35-25(20)26(38)34-22-7-4-14(12-32)8-19(22)27(39)40/h4-11H,3H2,1-2H3,(H,33,36)(H,34,38)(H,39,40). The fourth-order valence-electron chi connectivity index (χ4n) is 4.17. The van der Waals surface area contributed by atoms with E-state index >= 15 is 0 Å². The molecule has 208 valence electrons. The number of fused-ring (bicyclic) bond motifs is 1. The topological polar surface area (TPSA) is 162 Å². The number of ketones is 1. The number of carboxylic acids is 1. The highest BCUT2D eigenvalue weighted by atomic mass is 19.4. The number of nitrogens with one attached hydrogen (secondary N) is 2. The highest BCUT2D eigenvalue weighted by Gasteiger charge is 2.35. The predicted octanol–water partition coefficient (Wildman–Crippen LogP) is 5.89. The van der Waals surface area contributed by atoms with Crippen molar-refractivity contribution in [2.45, 2.75) is 26.4 Å². The molecule has 0 saturated carbocycles. The molecule has 2 amide bonds. The Balaban J connectivity index is 1.85. The molecule has 1 heterocycles. The maximum absolute atomic E-state index is 14.1. The van der Waals surface area contributed by atoms with E-state index in [-0.39, 0.29) is 62.3 Å². The molecule has 0 fully saturated rings. The van der Waals surface area contributed by atoms with Crippen LogP contribution in [0.5, 0.6) is 0 Å². The number of Topliss-reactive ketones (excluding diaryl/α,β-unsaturated/α-hetero) is 1. The van der Waals surface area contributed by atoms with Crippen molar-refractivity contribution in [1.29, 1.82) is 5.26 Å². The molecule has 0 aliphatic heterocycles. The second-order valence-electron chi connectivity index (χ2n) is 8.77. The number of hydrogen-bond acceptors (Lipinski definition) is 7. The summed E-state index contributed by atoms with van der Waals surface area (Å²) in [4.78, 5) is 49.0. The van der Waals surface area contributed by atoms with Crippen LogP contribution >= 0.6 is 0 Å². The van der Waals surface area contributed by atoms with Gasteiger partial charge in [0.15, 0.2) is 17.1 Å². The van der Waals surface area contributed by atoms with Crippen LogP contribution in [0.1, 0.15) is 62.6 Å². The van der Waals surface area contributed by atoms with Gasteiger partial charge in [0.2, 0.25) is 5.91 Å². The minimum Gasteiger partial charge on any atom is -0.478 e. The van der Waals surface area contributed by atoms with Crippen LogP contribution in [0.25, 0.3) is 22.1 Å². The predicted molar refractivity (Wildman–Crippen MR) is 139 cm³/mol. The second kappa shape index (κ2) is 10.9. The summed E-state index contributed by atoms with van der Waals surface area (Å²) >= 11 is 0. The van der Waals surface area contributed by atoms with Gasteiger partial charge in [-0.05, 0) is 53.6 Å². The Morgan fingerprint density at radius 1 is 1.00 bits per heavy atom. The van der Waals surface area contributed by atoms with E-state index in [0.717, 1.165) is 31.2 Å². The number of nitrogens with zero attached hydrogens (tertiary/aromatic N) is 2. The molecule has 13 heteroatoms. The van der Waals surface area contributed by atoms with Crippen molar-refractivity contribution in [2.24, 2.45) is 0 Å². The van der Waals surface area contributed by atoms with Crippen LogP contribution < -0.4 is 10.6 Å². The van der Waals surface area contributed by atoms with E-state index in [1.807, 2.05) is 0 Å². The number of aromatic carboxylic acids is 1.